The number of aliphatic hydroxyl groups is 2. The number of ether oxygens (including phenoxy) is 6. The Labute approximate surface area is 264 Å². The Morgan fingerprint density at radius 2 is 1.52 bits per heavy atom. The predicted octanol–water partition coefficient (Wildman–Crippen LogP) is 4.53. The fraction of sp³-hybridized carbons (Fsp3) is 0.548. The van der Waals surface area contributed by atoms with Crippen LogP contribution in [0.15, 0.2) is 47.5 Å². The van der Waals surface area contributed by atoms with Gasteiger partial charge >= 0.3 is 6.18 Å². The van der Waals surface area contributed by atoms with E-state index in [-0.39, 0.29) is 69.5 Å². The van der Waals surface area contributed by atoms with E-state index in [1.54, 1.807) is 11.0 Å². The van der Waals surface area contributed by atoms with Crippen molar-refractivity contribution in [2.45, 2.75) is 31.9 Å². The zero-order valence-corrected chi connectivity index (χ0v) is 26.2. The van der Waals surface area contributed by atoms with Gasteiger partial charge in [0.25, 0.3) is 0 Å². The van der Waals surface area contributed by atoms with Gasteiger partial charge in [-0.1, -0.05) is 28.1 Å². The molecule has 3 rings (SSSR count). The third-order valence-corrected chi connectivity index (χ3v) is 7.38. The van der Waals surface area contributed by atoms with Gasteiger partial charge in [0.2, 0.25) is 0 Å². The topological polar surface area (TPSA) is 99.1 Å². The van der Waals surface area contributed by atoms with Gasteiger partial charge in [-0.05, 0) is 36.2 Å². The molecule has 1 unspecified atom stereocenters. The van der Waals surface area contributed by atoms with Crippen LogP contribution in [-0.4, -0.2) is 95.5 Å². The molecule has 1 atom stereocenters. The summed E-state index contributed by atoms with van der Waals surface area (Å²) in [7, 11) is 0. The van der Waals surface area contributed by atoms with E-state index < -0.39 is 24.5 Å². The highest BCUT2D eigenvalue weighted by Crippen LogP contribution is 2.39. The molecule has 1 aliphatic rings. The second kappa shape index (κ2) is 19.3. The highest BCUT2D eigenvalue weighted by atomic mass is 79.9. The summed E-state index contributed by atoms with van der Waals surface area (Å²) in [5.74, 6) is 0.548. The van der Waals surface area contributed by atoms with Crippen LogP contribution in [0.2, 0.25) is 0 Å². The molecule has 2 aromatic rings. The average Bonchev–Trinajstić information content (AvgIpc) is 3.00. The molecule has 0 bridgehead atoms. The lowest BCUT2D eigenvalue weighted by atomic mass is 10.1. The van der Waals surface area contributed by atoms with Gasteiger partial charge in [-0.3, -0.25) is 0 Å². The van der Waals surface area contributed by atoms with Crippen molar-refractivity contribution in [1.29, 1.82) is 0 Å². The van der Waals surface area contributed by atoms with E-state index in [1.807, 2.05) is 18.2 Å². The van der Waals surface area contributed by atoms with Crippen LogP contribution in [0.5, 0.6) is 5.75 Å². The van der Waals surface area contributed by atoms with E-state index in [4.69, 9.17) is 28.4 Å². The van der Waals surface area contributed by atoms with Crippen molar-refractivity contribution in [2.75, 3.05) is 84.1 Å². The van der Waals surface area contributed by atoms with Gasteiger partial charge in [-0.2, -0.15) is 13.2 Å². The van der Waals surface area contributed by atoms with E-state index in [0.717, 1.165) is 11.6 Å². The number of aliphatic hydroxyl groups excluding tert-OH is 2. The molecule has 0 aromatic heterocycles. The van der Waals surface area contributed by atoms with Crippen molar-refractivity contribution in [1.82, 2.24) is 0 Å². The normalized spacial score (nSPS) is 18.8. The molecule has 0 aliphatic carbocycles. The summed E-state index contributed by atoms with van der Waals surface area (Å²) in [6.07, 6.45) is -2.54. The second-order valence-electron chi connectivity index (χ2n) is 9.91. The minimum Gasteiger partial charge on any atom is -0.490 e. The Hall–Kier alpha value is -2.23. The standard InChI is InChI=1S/C31H41BrF3NO8/c1-2-3-23-4-5-30(25(16-23)20-38)44-22-26-21-42-13-12-41-11-10-39-8-6-36(7-9-40-14-15-43-26)29-18-27(31(33,34)35)28(32)17-24(29)19-37/h2,4-5,16-18,26,37-38H,1,3,6-15,19-22H2. The van der Waals surface area contributed by atoms with Crippen LogP contribution in [0.1, 0.15) is 22.3 Å². The first kappa shape index (κ1) is 36.2. The molecule has 1 saturated heterocycles. The maximum absolute atomic E-state index is 13.7. The third-order valence-electron chi connectivity index (χ3n) is 6.72. The summed E-state index contributed by atoms with van der Waals surface area (Å²) >= 11 is 2.98. The quantitative estimate of drug-likeness (QED) is 0.387. The average molecular weight is 693 g/mol. The van der Waals surface area contributed by atoms with Crippen LogP contribution in [0.3, 0.4) is 0 Å². The van der Waals surface area contributed by atoms with Crippen molar-refractivity contribution in [2.24, 2.45) is 0 Å². The first-order valence-corrected chi connectivity index (χ1v) is 15.2. The predicted molar refractivity (Wildman–Crippen MR) is 162 cm³/mol. The van der Waals surface area contributed by atoms with E-state index in [0.29, 0.717) is 49.7 Å². The molecule has 0 saturated carbocycles. The lowest BCUT2D eigenvalue weighted by Crippen LogP contribution is -2.33. The van der Waals surface area contributed by atoms with E-state index in [1.165, 1.54) is 6.07 Å². The van der Waals surface area contributed by atoms with Gasteiger partial charge in [0.15, 0.2) is 0 Å². The molecule has 9 nitrogen and oxygen atoms in total. The number of allylic oxidation sites excluding steroid dienone is 1. The molecule has 0 radical (unpaired) electrons. The van der Waals surface area contributed by atoms with Crippen LogP contribution >= 0.6 is 15.9 Å². The van der Waals surface area contributed by atoms with Crippen molar-refractivity contribution < 1.29 is 51.8 Å². The molecular formula is C31H41BrF3NO8. The summed E-state index contributed by atoms with van der Waals surface area (Å²) < 4.78 is 75.5. The maximum atomic E-state index is 13.7. The van der Waals surface area contributed by atoms with Crippen molar-refractivity contribution >= 4 is 21.6 Å². The third kappa shape index (κ3) is 11.9. The zero-order valence-electron chi connectivity index (χ0n) is 24.7. The molecule has 0 spiro atoms. The Bertz CT molecular complexity index is 1150. The van der Waals surface area contributed by atoms with Gasteiger partial charge in [-0.25, -0.2) is 0 Å². The van der Waals surface area contributed by atoms with Crippen LogP contribution in [0.4, 0.5) is 18.9 Å². The number of hydrogen-bond donors (Lipinski definition) is 2. The zero-order chi connectivity index (χ0) is 31.8. The molecule has 1 heterocycles. The van der Waals surface area contributed by atoms with Gasteiger partial charge in [-0.15, -0.1) is 6.58 Å². The first-order valence-electron chi connectivity index (χ1n) is 14.4. The maximum Gasteiger partial charge on any atom is 0.417 e. The first-order chi connectivity index (χ1) is 21.3. The Morgan fingerprint density at radius 3 is 2.16 bits per heavy atom. The van der Waals surface area contributed by atoms with E-state index >= 15 is 0 Å². The molecule has 0 amide bonds. The smallest absolute Gasteiger partial charge is 0.417 e. The largest absolute Gasteiger partial charge is 0.490 e. The monoisotopic (exact) mass is 691 g/mol. The summed E-state index contributed by atoms with van der Waals surface area (Å²) in [6, 6.07) is 7.92. The molecule has 13 heteroatoms. The Morgan fingerprint density at radius 1 is 0.886 bits per heavy atom. The highest BCUT2D eigenvalue weighted by molar-refractivity contribution is 9.10. The highest BCUT2D eigenvalue weighted by Gasteiger charge is 2.34. The minimum atomic E-state index is -4.57. The van der Waals surface area contributed by atoms with Crippen molar-refractivity contribution in [3.63, 3.8) is 0 Å². The second-order valence-corrected chi connectivity index (χ2v) is 10.8. The SMILES string of the molecule is C=CCc1ccc(OCC2COCCOCCOCCN(c3cc(C(F)(F)F)c(Br)cc3CO)CCOCCO2)c(CO)c1. The van der Waals surface area contributed by atoms with Crippen molar-refractivity contribution in [3.8, 4) is 5.75 Å². The molecule has 1 aliphatic heterocycles. The lowest BCUT2D eigenvalue weighted by Gasteiger charge is -2.28. The van der Waals surface area contributed by atoms with E-state index in [9.17, 15) is 23.4 Å². The minimum absolute atomic E-state index is 0.138. The number of nitrogens with zero attached hydrogens (tertiary/aromatic N) is 1. The molecule has 246 valence electrons. The number of benzene rings is 2. The summed E-state index contributed by atoms with van der Waals surface area (Å²) in [5, 5.41) is 19.7. The van der Waals surface area contributed by atoms with Crippen LogP contribution in [-0.2, 0) is 49.5 Å². The summed E-state index contributed by atoms with van der Waals surface area (Å²) in [4.78, 5) is 1.71. The van der Waals surface area contributed by atoms with Gasteiger partial charge in [0.05, 0.1) is 78.2 Å². The molecule has 2 aromatic carbocycles. The number of hydrogen-bond acceptors (Lipinski definition) is 9. The number of alkyl halides is 3. The fourth-order valence-corrected chi connectivity index (χ4v) is 5.11. The fourth-order valence-electron chi connectivity index (χ4n) is 4.49. The summed E-state index contributed by atoms with van der Waals surface area (Å²) in [6.45, 7) is 6.25. The van der Waals surface area contributed by atoms with Gasteiger partial charge in [0.1, 0.15) is 18.5 Å². The molecule has 2 N–H and O–H groups in total. The van der Waals surface area contributed by atoms with E-state index in [2.05, 4.69) is 22.5 Å². The van der Waals surface area contributed by atoms with Crippen LogP contribution in [0.25, 0.3) is 0 Å². The number of rotatable bonds is 8. The lowest BCUT2D eigenvalue weighted by molar-refractivity contribution is -0.138. The van der Waals surface area contributed by atoms with Crippen molar-refractivity contribution in [3.05, 3.63) is 69.7 Å². The van der Waals surface area contributed by atoms with Crippen LogP contribution < -0.4 is 9.64 Å². The molecule has 44 heavy (non-hydrogen) atoms. The molecular weight excluding hydrogens is 651 g/mol. The Kier molecular flexibility index (Phi) is 15.9. The number of anilines is 1. The number of halogens is 4. The van der Waals surface area contributed by atoms with Crippen LogP contribution in [0, 0.1) is 0 Å². The Balaban J connectivity index is 1.64. The summed E-state index contributed by atoms with van der Waals surface area (Å²) in [5.41, 5.74) is 1.45. The molecule has 1 fully saturated rings. The van der Waals surface area contributed by atoms with Gasteiger partial charge in [0, 0.05) is 34.4 Å². The van der Waals surface area contributed by atoms with Gasteiger partial charge < -0.3 is 43.5 Å².